The maximum Gasteiger partial charge on any atom is 0.254 e. The minimum absolute atomic E-state index is 0.120. The molecule has 0 radical (unpaired) electrons. The highest BCUT2D eigenvalue weighted by molar-refractivity contribution is 7.98. The summed E-state index contributed by atoms with van der Waals surface area (Å²) in [6, 6.07) is 10.4. The molecule has 0 unspecified atom stereocenters. The number of rotatable bonds is 6. The zero-order valence-electron chi connectivity index (χ0n) is 16.6. The van der Waals surface area contributed by atoms with Crippen LogP contribution >= 0.6 is 11.8 Å². The Morgan fingerprint density at radius 3 is 2.68 bits per heavy atom. The van der Waals surface area contributed by atoms with Crippen LogP contribution in [-0.4, -0.2) is 58.1 Å². The molecule has 1 aromatic carbocycles. The molecule has 0 bridgehead atoms. The second kappa shape index (κ2) is 9.89. The van der Waals surface area contributed by atoms with E-state index < -0.39 is 0 Å². The Kier molecular flexibility index (Phi) is 7.28. The van der Waals surface area contributed by atoms with Crippen molar-refractivity contribution >= 4 is 17.7 Å². The largest absolute Gasteiger partial charge is 0.341 e. The van der Waals surface area contributed by atoms with Crippen molar-refractivity contribution in [3.63, 3.8) is 0 Å². The minimum Gasteiger partial charge on any atom is -0.341 e. The average Bonchev–Trinajstić information content (AvgIpc) is 2.93. The molecule has 0 atom stereocenters. The number of thioether (sulfide) groups is 1. The van der Waals surface area contributed by atoms with Gasteiger partial charge in [-0.2, -0.15) is 0 Å². The van der Waals surface area contributed by atoms with Crippen molar-refractivity contribution < 1.29 is 4.79 Å². The first-order chi connectivity index (χ1) is 13.6. The molecule has 2 heterocycles. The number of aromatic amines is 1. The monoisotopic (exact) mass is 400 g/mol. The van der Waals surface area contributed by atoms with Gasteiger partial charge in [-0.3, -0.25) is 14.5 Å². The van der Waals surface area contributed by atoms with Crippen molar-refractivity contribution in [1.82, 2.24) is 19.8 Å². The van der Waals surface area contributed by atoms with Crippen LogP contribution in [0.1, 0.15) is 29.7 Å². The van der Waals surface area contributed by atoms with Crippen molar-refractivity contribution in [1.29, 1.82) is 0 Å². The molecule has 0 spiro atoms. The van der Waals surface area contributed by atoms with Gasteiger partial charge in [0.15, 0.2) is 5.16 Å². The third-order valence-corrected chi connectivity index (χ3v) is 5.75. The second-order valence-corrected chi connectivity index (χ2v) is 7.93. The average molecular weight is 401 g/mol. The van der Waals surface area contributed by atoms with Crippen LogP contribution in [0.4, 0.5) is 0 Å². The molecule has 1 amide bonds. The summed E-state index contributed by atoms with van der Waals surface area (Å²) in [4.78, 5) is 36.5. The van der Waals surface area contributed by atoms with Crippen LogP contribution in [0.15, 0.2) is 40.3 Å². The van der Waals surface area contributed by atoms with E-state index in [0.29, 0.717) is 29.3 Å². The Morgan fingerprint density at radius 2 is 1.96 bits per heavy atom. The van der Waals surface area contributed by atoms with Crippen LogP contribution < -0.4 is 5.56 Å². The molecule has 0 saturated carbocycles. The Morgan fingerprint density at radius 1 is 1.18 bits per heavy atom. The molecule has 2 aromatic rings. The summed E-state index contributed by atoms with van der Waals surface area (Å²) in [5, 5.41) is 0.614. The maximum atomic E-state index is 12.7. The molecule has 6 nitrogen and oxygen atoms in total. The number of aromatic nitrogens is 2. The van der Waals surface area contributed by atoms with E-state index in [0.717, 1.165) is 39.1 Å². The van der Waals surface area contributed by atoms with Crippen molar-refractivity contribution in [2.45, 2.75) is 37.9 Å². The van der Waals surface area contributed by atoms with Crippen LogP contribution in [0.25, 0.3) is 0 Å². The predicted molar refractivity (Wildman–Crippen MR) is 113 cm³/mol. The fourth-order valence-electron chi connectivity index (χ4n) is 3.59. The van der Waals surface area contributed by atoms with Gasteiger partial charge in [0, 0.05) is 50.4 Å². The predicted octanol–water partition coefficient (Wildman–Crippen LogP) is 2.47. The first-order valence-electron chi connectivity index (χ1n) is 9.74. The van der Waals surface area contributed by atoms with E-state index in [9.17, 15) is 9.59 Å². The summed E-state index contributed by atoms with van der Waals surface area (Å²) in [7, 11) is 0. The Hall–Kier alpha value is -2.12. The molecule has 1 aromatic heterocycles. The number of nitrogens with one attached hydrogen (secondary N) is 1. The lowest BCUT2D eigenvalue weighted by Crippen LogP contribution is -2.35. The molecule has 3 rings (SSSR count). The van der Waals surface area contributed by atoms with Gasteiger partial charge in [0.1, 0.15) is 0 Å². The third kappa shape index (κ3) is 5.45. The van der Waals surface area contributed by atoms with E-state index in [4.69, 9.17) is 0 Å². The first-order valence-corrected chi connectivity index (χ1v) is 11.0. The fourth-order valence-corrected chi connectivity index (χ4v) is 4.01. The van der Waals surface area contributed by atoms with Gasteiger partial charge in [-0.15, -0.1) is 0 Å². The van der Waals surface area contributed by atoms with Gasteiger partial charge in [0.2, 0.25) is 5.91 Å². The van der Waals surface area contributed by atoms with E-state index in [-0.39, 0.29) is 11.5 Å². The molecule has 0 aliphatic carbocycles. The van der Waals surface area contributed by atoms with Crippen molar-refractivity contribution in [3.8, 4) is 0 Å². The number of amides is 1. The normalized spacial score (nSPS) is 15.4. The summed E-state index contributed by atoms with van der Waals surface area (Å²) in [5.41, 5.74) is 2.50. The van der Waals surface area contributed by atoms with E-state index in [1.54, 1.807) is 0 Å². The van der Waals surface area contributed by atoms with E-state index >= 15 is 0 Å². The number of carbonyl (C=O) groups excluding carboxylic acids is 1. The van der Waals surface area contributed by atoms with E-state index in [1.807, 2.05) is 24.1 Å². The lowest BCUT2D eigenvalue weighted by atomic mass is 10.1. The van der Waals surface area contributed by atoms with Gasteiger partial charge in [0.05, 0.1) is 0 Å². The molecule has 1 N–H and O–H groups in total. The number of carbonyl (C=O) groups is 1. The fraction of sp³-hybridized carbons (Fsp3) is 0.476. The molecule has 28 heavy (non-hydrogen) atoms. The van der Waals surface area contributed by atoms with Crippen LogP contribution in [0.2, 0.25) is 0 Å². The number of nitrogens with zero attached hydrogens (tertiary/aromatic N) is 3. The van der Waals surface area contributed by atoms with Gasteiger partial charge in [-0.05, 0) is 31.6 Å². The standard InChI is InChI=1S/C21H28N4O2S/c1-16-18(20(27)23-21(22-16)28-2)9-10-19(26)25-12-6-11-24(13-14-25)15-17-7-4-3-5-8-17/h3-5,7-8H,6,9-15H2,1-2H3,(H,22,23,27). The summed E-state index contributed by atoms with van der Waals surface area (Å²) < 4.78 is 0. The number of hydrogen-bond acceptors (Lipinski definition) is 5. The zero-order chi connectivity index (χ0) is 19.9. The van der Waals surface area contributed by atoms with Crippen LogP contribution in [0.3, 0.4) is 0 Å². The Balaban J connectivity index is 1.53. The smallest absolute Gasteiger partial charge is 0.254 e. The molecule has 1 saturated heterocycles. The highest BCUT2D eigenvalue weighted by Crippen LogP contribution is 2.12. The van der Waals surface area contributed by atoms with Gasteiger partial charge < -0.3 is 9.88 Å². The summed E-state index contributed by atoms with van der Waals surface area (Å²) >= 11 is 1.41. The second-order valence-electron chi connectivity index (χ2n) is 7.14. The lowest BCUT2D eigenvalue weighted by Gasteiger charge is -2.22. The molecule has 1 aliphatic rings. The molecule has 1 aliphatic heterocycles. The van der Waals surface area contributed by atoms with Crippen LogP contribution in [-0.2, 0) is 17.8 Å². The van der Waals surface area contributed by atoms with Gasteiger partial charge >= 0.3 is 0 Å². The minimum atomic E-state index is -0.130. The molecular weight excluding hydrogens is 372 g/mol. The van der Waals surface area contributed by atoms with Crippen LogP contribution in [0.5, 0.6) is 0 Å². The Bertz CT molecular complexity index is 853. The quantitative estimate of drug-likeness (QED) is 0.596. The summed E-state index contributed by atoms with van der Waals surface area (Å²) in [6.07, 6.45) is 3.64. The first kappa shape index (κ1) is 20.6. The summed E-state index contributed by atoms with van der Waals surface area (Å²) in [5.74, 6) is 0.120. The molecule has 1 fully saturated rings. The maximum absolute atomic E-state index is 12.7. The number of H-pyrrole nitrogens is 1. The molecule has 150 valence electrons. The van der Waals surface area contributed by atoms with Crippen LogP contribution in [0, 0.1) is 6.92 Å². The lowest BCUT2D eigenvalue weighted by molar-refractivity contribution is -0.131. The highest BCUT2D eigenvalue weighted by atomic mass is 32.2. The Labute approximate surface area is 170 Å². The topological polar surface area (TPSA) is 69.3 Å². The van der Waals surface area contributed by atoms with E-state index in [1.165, 1.54) is 17.3 Å². The summed E-state index contributed by atoms with van der Waals surface area (Å²) in [6.45, 7) is 6.16. The van der Waals surface area contributed by atoms with E-state index in [2.05, 4.69) is 39.1 Å². The van der Waals surface area contributed by atoms with Crippen molar-refractivity contribution in [2.75, 3.05) is 32.4 Å². The van der Waals surface area contributed by atoms with Crippen molar-refractivity contribution in [3.05, 3.63) is 57.5 Å². The number of hydrogen-bond donors (Lipinski definition) is 1. The van der Waals surface area contributed by atoms with Gasteiger partial charge in [-0.1, -0.05) is 42.1 Å². The van der Waals surface area contributed by atoms with Gasteiger partial charge in [0.25, 0.3) is 5.56 Å². The SMILES string of the molecule is CSc1nc(C)c(CCC(=O)N2CCCN(Cc3ccccc3)CC2)c(=O)[nH]1. The molecular formula is C21H28N4O2S. The molecule has 7 heteroatoms. The number of benzene rings is 1. The highest BCUT2D eigenvalue weighted by Gasteiger charge is 2.20. The number of aryl methyl sites for hydroxylation is 1. The van der Waals surface area contributed by atoms with Gasteiger partial charge in [-0.25, -0.2) is 4.98 Å². The third-order valence-electron chi connectivity index (χ3n) is 5.17. The van der Waals surface area contributed by atoms with Crippen molar-refractivity contribution in [2.24, 2.45) is 0 Å². The zero-order valence-corrected chi connectivity index (χ0v) is 17.4.